The third-order valence-corrected chi connectivity index (χ3v) is 4.21. The molecule has 1 aliphatic rings. The van der Waals surface area contributed by atoms with Gasteiger partial charge in [-0.25, -0.2) is 0 Å². The summed E-state index contributed by atoms with van der Waals surface area (Å²) in [5, 5.41) is 16.5. The van der Waals surface area contributed by atoms with Crippen LogP contribution < -0.4 is 15.4 Å². The van der Waals surface area contributed by atoms with Crippen molar-refractivity contribution in [3.63, 3.8) is 0 Å². The molecule has 0 unspecified atom stereocenters. The summed E-state index contributed by atoms with van der Waals surface area (Å²) < 4.78 is 5.74. The second-order valence-corrected chi connectivity index (χ2v) is 5.56. The van der Waals surface area contributed by atoms with E-state index in [2.05, 4.69) is 28.8 Å². The highest BCUT2D eigenvalue weighted by molar-refractivity contribution is 5.50. The van der Waals surface area contributed by atoms with E-state index in [9.17, 15) is 5.11 Å². The van der Waals surface area contributed by atoms with E-state index in [1.54, 1.807) is 0 Å². The average molecular weight is 298 g/mol. The quantitative estimate of drug-likeness (QED) is 0.794. The van der Waals surface area contributed by atoms with Gasteiger partial charge in [0.2, 0.25) is 0 Å². The van der Waals surface area contributed by atoms with Crippen molar-refractivity contribution >= 4 is 5.69 Å². The van der Waals surface area contributed by atoms with Crippen LogP contribution in [0.1, 0.15) is 17.2 Å². The number of aliphatic hydroxyl groups is 1. The smallest absolute Gasteiger partial charge is 0.124 e. The van der Waals surface area contributed by atoms with E-state index >= 15 is 0 Å². The first-order valence-electron chi connectivity index (χ1n) is 7.65. The molecule has 116 valence electrons. The number of nitrogens with one attached hydrogen (secondary N) is 2. The minimum Gasteiger partial charge on any atom is -0.493 e. The molecule has 0 aliphatic carbocycles. The molecule has 0 bridgehead atoms. The van der Waals surface area contributed by atoms with Gasteiger partial charge in [-0.1, -0.05) is 36.4 Å². The molecule has 0 saturated heterocycles. The van der Waals surface area contributed by atoms with Gasteiger partial charge in [0.1, 0.15) is 5.75 Å². The van der Waals surface area contributed by atoms with Crippen molar-refractivity contribution in [1.29, 1.82) is 0 Å². The molecule has 4 nitrogen and oxygen atoms in total. The summed E-state index contributed by atoms with van der Waals surface area (Å²) in [4.78, 5) is 0. The fourth-order valence-electron chi connectivity index (χ4n) is 2.99. The molecule has 0 aromatic heterocycles. The molecule has 0 fully saturated rings. The van der Waals surface area contributed by atoms with Gasteiger partial charge in [0, 0.05) is 36.8 Å². The first kappa shape index (κ1) is 14.9. The van der Waals surface area contributed by atoms with Crippen LogP contribution in [0.4, 0.5) is 5.69 Å². The molecule has 0 amide bonds. The number of aliphatic hydroxyl groups excluding tert-OH is 1. The first-order chi connectivity index (χ1) is 10.8. The Bertz CT molecular complexity index is 630. The summed E-state index contributed by atoms with van der Waals surface area (Å²) in [6, 6.07) is 16.4. The zero-order valence-corrected chi connectivity index (χ0v) is 12.8. The highest BCUT2D eigenvalue weighted by Gasteiger charge is 2.29. The third-order valence-electron chi connectivity index (χ3n) is 4.21. The van der Waals surface area contributed by atoms with Gasteiger partial charge < -0.3 is 20.5 Å². The largest absolute Gasteiger partial charge is 0.493 e. The fraction of sp³-hybridized carbons (Fsp3) is 0.333. The Morgan fingerprint density at radius 1 is 1.14 bits per heavy atom. The molecule has 0 radical (unpaired) electrons. The summed E-state index contributed by atoms with van der Waals surface area (Å²) in [6.07, 6.45) is 0. The normalized spacial score (nSPS) is 20.1. The molecule has 4 heteroatoms. The van der Waals surface area contributed by atoms with Crippen LogP contribution in [-0.4, -0.2) is 25.4 Å². The minimum atomic E-state index is 0.0663. The minimum absolute atomic E-state index is 0.0663. The maximum Gasteiger partial charge on any atom is 0.124 e. The number of ether oxygens (including phenoxy) is 1. The Hall–Kier alpha value is -2.04. The first-order valence-corrected chi connectivity index (χ1v) is 7.65. The second kappa shape index (κ2) is 6.81. The third kappa shape index (κ3) is 2.93. The van der Waals surface area contributed by atoms with Gasteiger partial charge in [-0.2, -0.15) is 0 Å². The highest BCUT2D eigenvalue weighted by atomic mass is 16.5. The number of fused-ring (bicyclic) bond motifs is 1. The van der Waals surface area contributed by atoms with Gasteiger partial charge in [-0.15, -0.1) is 0 Å². The van der Waals surface area contributed by atoms with Crippen LogP contribution in [0.2, 0.25) is 0 Å². The van der Waals surface area contributed by atoms with Crippen molar-refractivity contribution in [3.8, 4) is 5.75 Å². The summed E-state index contributed by atoms with van der Waals surface area (Å²) in [5.41, 5.74) is 3.45. The van der Waals surface area contributed by atoms with Crippen molar-refractivity contribution in [1.82, 2.24) is 5.32 Å². The van der Waals surface area contributed by atoms with Gasteiger partial charge in [-0.3, -0.25) is 0 Å². The lowest BCUT2D eigenvalue weighted by atomic mass is 9.91. The monoisotopic (exact) mass is 298 g/mol. The molecule has 1 heterocycles. The predicted molar refractivity (Wildman–Crippen MR) is 88.1 cm³/mol. The van der Waals surface area contributed by atoms with Crippen LogP contribution in [0.25, 0.3) is 0 Å². The molecule has 2 aromatic carbocycles. The second-order valence-electron chi connectivity index (χ2n) is 5.56. The lowest BCUT2D eigenvalue weighted by Crippen LogP contribution is -2.37. The number of benzene rings is 2. The number of para-hydroxylation sites is 2. The highest BCUT2D eigenvalue weighted by Crippen LogP contribution is 2.35. The zero-order valence-electron chi connectivity index (χ0n) is 12.8. The zero-order chi connectivity index (χ0) is 15.4. The number of rotatable bonds is 5. The molecular formula is C18H22N2O2. The van der Waals surface area contributed by atoms with Crippen LogP contribution in [0.5, 0.6) is 5.75 Å². The molecule has 3 N–H and O–H groups in total. The molecule has 22 heavy (non-hydrogen) atoms. The topological polar surface area (TPSA) is 53.5 Å². The summed E-state index contributed by atoms with van der Waals surface area (Å²) in [7, 11) is 1.93. The molecular weight excluding hydrogens is 276 g/mol. The number of anilines is 1. The van der Waals surface area contributed by atoms with Gasteiger partial charge in [0.15, 0.2) is 0 Å². The van der Waals surface area contributed by atoms with Crippen LogP contribution in [-0.2, 0) is 6.54 Å². The van der Waals surface area contributed by atoms with Crippen molar-refractivity contribution in [2.24, 2.45) is 5.92 Å². The fourth-order valence-corrected chi connectivity index (χ4v) is 2.99. The van der Waals surface area contributed by atoms with E-state index in [0.29, 0.717) is 6.61 Å². The van der Waals surface area contributed by atoms with E-state index in [0.717, 1.165) is 23.5 Å². The van der Waals surface area contributed by atoms with Gasteiger partial charge in [0.05, 0.1) is 13.2 Å². The average Bonchev–Trinajstić information content (AvgIpc) is 2.59. The Morgan fingerprint density at radius 2 is 1.91 bits per heavy atom. The van der Waals surface area contributed by atoms with E-state index in [1.165, 1.54) is 5.56 Å². The van der Waals surface area contributed by atoms with Crippen molar-refractivity contribution in [3.05, 3.63) is 59.7 Å². The van der Waals surface area contributed by atoms with E-state index in [4.69, 9.17) is 4.74 Å². The standard InChI is InChI=1S/C18H22N2O2/c1-19-16-8-4-2-6-13(16)10-20-18-14(11-21)12-22-17-9-5-3-7-15(17)18/h2-9,14,18-21H,10-12H2,1H3/t14-,18-/m1/s1. The Kier molecular flexibility index (Phi) is 4.61. The summed E-state index contributed by atoms with van der Waals surface area (Å²) in [6.45, 7) is 1.39. The van der Waals surface area contributed by atoms with Gasteiger partial charge in [0.25, 0.3) is 0 Å². The van der Waals surface area contributed by atoms with Crippen LogP contribution in [0.15, 0.2) is 48.5 Å². The van der Waals surface area contributed by atoms with Crippen LogP contribution in [0, 0.1) is 5.92 Å². The maximum atomic E-state index is 9.65. The number of hydrogen-bond acceptors (Lipinski definition) is 4. The Balaban J connectivity index is 1.80. The molecule has 1 aliphatic heterocycles. The van der Waals surface area contributed by atoms with E-state index < -0.39 is 0 Å². The van der Waals surface area contributed by atoms with Crippen molar-refractivity contribution in [2.75, 3.05) is 25.6 Å². The Labute approximate surface area is 131 Å². The van der Waals surface area contributed by atoms with E-state index in [-0.39, 0.29) is 18.6 Å². The van der Waals surface area contributed by atoms with Crippen molar-refractivity contribution < 1.29 is 9.84 Å². The predicted octanol–water partition coefficient (Wildman–Crippen LogP) is 2.56. The lowest BCUT2D eigenvalue weighted by Gasteiger charge is -2.33. The summed E-state index contributed by atoms with van der Waals surface area (Å²) in [5.74, 6) is 0.975. The van der Waals surface area contributed by atoms with Gasteiger partial charge >= 0.3 is 0 Å². The SMILES string of the molecule is CNc1ccccc1CN[C@H]1c2ccccc2OC[C@H]1CO. The van der Waals surface area contributed by atoms with E-state index in [1.807, 2.05) is 37.4 Å². The molecule has 0 saturated carbocycles. The molecule has 3 rings (SSSR count). The maximum absolute atomic E-state index is 9.65. The van der Waals surface area contributed by atoms with Crippen molar-refractivity contribution in [2.45, 2.75) is 12.6 Å². The molecule has 0 spiro atoms. The summed E-state index contributed by atoms with van der Waals surface area (Å²) >= 11 is 0. The lowest BCUT2D eigenvalue weighted by molar-refractivity contribution is 0.110. The van der Waals surface area contributed by atoms with Gasteiger partial charge in [-0.05, 0) is 17.7 Å². The number of hydrogen-bond donors (Lipinski definition) is 3. The van der Waals surface area contributed by atoms with Crippen LogP contribution in [0.3, 0.4) is 0 Å². The molecule has 2 aromatic rings. The van der Waals surface area contributed by atoms with Crippen LogP contribution >= 0.6 is 0 Å². The Morgan fingerprint density at radius 3 is 2.73 bits per heavy atom. The molecule has 2 atom stereocenters.